The lowest BCUT2D eigenvalue weighted by Crippen LogP contribution is -2.20. The van der Waals surface area contributed by atoms with Crippen LogP contribution in [0.15, 0.2) is 48.5 Å². The first-order chi connectivity index (χ1) is 12.9. The summed E-state index contributed by atoms with van der Waals surface area (Å²) in [6, 6.07) is 12.1. The fourth-order valence-electron chi connectivity index (χ4n) is 2.26. The van der Waals surface area contributed by atoms with Gasteiger partial charge < -0.3 is 10.1 Å². The van der Waals surface area contributed by atoms with Crippen LogP contribution in [0.1, 0.15) is 5.69 Å². The minimum Gasteiger partial charge on any atom is -0.467 e. The lowest BCUT2D eigenvalue weighted by molar-refractivity contribution is -0.118. The predicted molar refractivity (Wildman–Crippen MR) is 103 cm³/mol. The average Bonchev–Trinajstić information content (AvgIpc) is 2.63. The monoisotopic (exact) mass is 405 g/mol. The molecule has 8 heteroatoms. The number of aromatic nitrogens is 2. The third-order valence-corrected chi connectivity index (χ3v) is 4.05. The van der Waals surface area contributed by atoms with E-state index in [9.17, 15) is 9.18 Å². The molecule has 0 unspecified atom stereocenters. The van der Waals surface area contributed by atoms with Crippen molar-refractivity contribution in [3.8, 4) is 17.3 Å². The number of hydrogen-bond donors (Lipinski definition) is 1. The Bertz CT molecular complexity index is 981. The van der Waals surface area contributed by atoms with Gasteiger partial charge in [0.2, 0.25) is 5.88 Å². The van der Waals surface area contributed by atoms with Gasteiger partial charge in [0.05, 0.1) is 10.7 Å². The van der Waals surface area contributed by atoms with Gasteiger partial charge in [-0.1, -0.05) is 23.2 Å². The lowest BCUT2D eigenvalue weighted by Gasteiger charge is -2.10. The minimum absolute atomic E-state index is 0.231. The van der Waals surface area contributed by atoms with Gasteiger partial charge >= 0.3 is 0 Å². The van der Waals surface area contributed by atoms with E-state index in [-0.39, 0.29) is 18.3 Å². The predicted octanol–water partition coefficient (Wildman–Crippen LogP) is 4.92. The van der Waals surface area contributed by atoms with E-state index in [0.717, 1.165) is 0 Å². The standard InChI is InChI=1S/C19H14Cl2FN3O2/c1-11-8-18(25-19(23-11)12-2-5-14(22)6-3-12)27-10-17(26)24-16-9-13(20)4-7-15(16)21/h2-9H,10H2,1H3,(H,24,26). The summed E-state index contributed by atoms with van der Waals surface area (Å²) in [6.07, 6.45) is 0. The van der Waals surface area contributed by atoms with Crippen LogP contribution in [0.3, 0.4) is 0 Å². The van der Waals surface area contributed by atoms with Gasteiger partial charge in [-0.25, -0.2) is 9.37 Å². The Hall–Kier alpha value is -2.70. The lowest BCUT2D eigenvalue weighted by atomic mass is 10.2. The summed E-state index contributed by atoms with van der Waals surface area (Å²) in [5.74, 6) is -0.157. The number of ether oxygens (including phenoxy) is 1. The Kier molecular flexibility index (Phi) is 5.88. The first-order valence-electron chi connectivity index (χ1n) is 7.90. The molecule has 1 aromatic heterocycles. The SMILES string of the molecule is Cc1cc(OCC(=O)Nc2cc(Cl)ccc2Cl)nc(-c2ccc(F)cc2)n1. The van der Waals surface area contributed by atoms with Gasteiger partial charge in [-0.15, -0.1) is 0 Å². The second-order valence-electron chi connectivity index (χ2n) is 5.64. The molecular weight excluding hydrogens is 392 g/mol. The molecule has 0 bridgehead atoms. The van der Waals surface area contributed by atoms with E-state index in [1.807, 2.05) is 0 Å². The summed E-state index contributed by atoms with van der Waals surface area (Å²) in [5.41, 5.74) is 1.68. The van der Waals surface area contributed by atoms with Crippen molar-refractivity contribution in [3.63, 3.8) is 0 Å². The second-order valence-corrected chi connectivity index (χ2v) is 6.48. The molecule has 0 fully saturated rings. The molecule has 2 aromatic carbocycles. The Morgan fingerprint density at radius 2 is 1.85 bits per heavy atom. The highest BCUT2D eigenvalue weighted by molar-refractivity contribution is 6.35. The van der Waals surface area contributed by atoms with Gasteiger partial charge in [0.15, 0.2) is 12.4 Å². The molecule has 0 aliphatic rings. The highest BCUT2D eigenvalue weighted by atomic mass is 35.5. The molecule has 27 heavy (non-hydrogen) atoms. The van der Waals surface area contributed by atoms with Gasteiger partial charge in [0.1, 0.15) is 5.82 Å². The number of hydrogen-bond acceptors (Lipinski definition) is 4. The molecule has 0 atom stereocenters. The quantitative estimate of drug-likeness (QED) is 0.654. The molecule has 3 rings (SSSR count). The maximum Gasteiger partial charge on any atom is 0.262 e. The van der Waals surface area contributed by atoms with Crippen LogP contribution < -0.4 is 10.1 Å². The minimum atomic E-state index is -0.418. The van der Waals surface area contributed by atoms with E-state index in [4.69, 9.17) is 27.9 Å². The van der Waals surface area contributed by atoms with E-state index < -0.39 is 5.91 Å². The van der Waals surface area contributed by atoms with Gasteiger partial charge in [0, 0.05) is 22.3 Å². The summed E-state index contributed by atoms with van der Waals surface area (Å²) in [4.78, 5) is 20.7. The summed E-state index contributed by atoms with van der Waals surface area (Å²) in [7, 11) is 0. The molecule has 0 aliphatic heterocycles. The molecule has 1 N–H and O–H groups in total. The number of halogens is 3. The highest BCUT2D eigenvalue weighted by Crippen LogP contribution is 2.25. The largest absolute Gasteiger partial charge is 0.467 e. The molecule has 0 spiro atoms. The molecule has 1 heterocycles. The molecule has 0 saturated carbocycles. The average molecular weight is 406 g/mol. The Morgan fingerprint density at radius 1 is 1.11 bits per heavy atom. The van der Waals surface area contributed by atoms with Crippen LogP contribution in [0, 0.1) is 12.7 Å². The number of carbonyl (C=O) groups is 1. The first kappa shape index (κ1) is 19.1. The fraction of sp³-hybridized carbons (Fsp3) is 0.105. The Balaban J connectivity index is 1.69. The van der Waals surface area contributed by atoms with Crippen molar-refractivity contribution in [1.82, 2.24) is 9.97 Å². The highest BCUT2D eigenvalue weighted by Gasteiger charge is 2.10. The van der Waals surface area contributed by atoms with Crippen molar-refractivity contribution >= 4 is 34.8 Å². The molecule has 0 radical (unpaired) electrons. The maximum atomic E-state index is 13.1. The summed E-state index contributed by atoms with van der Waals surface area (Å²) in [5, 5.41) is 3.44. The third kappa shape index (κ3) is 5.15. The number of benzene rings is 2. The Labute approximate surface area is 165 Å². The summed E-state index contributed by atoms with van der Waals surface area (Å²) in [6.45, 7) is 1.50. The van der Waals surface area contributed by atoms with Crippen LogP contribution >= 0.6 is 23.2 Å². The normalized spacial score (nSPS) is 10.5. The van der Waals surface area contributed by atoms with Crippen LogP contribution in [0.2, 0.25) is 10.0 Å². The summed E-state index contributed by atoms with van der Waals surface area (Å²) < 4.78 is 18.5. The molecule has 5 nitrogen and oxygen atoms in total. The molecular formula is C19H14Cl2FN3O2. The van der Waals surface area contributed by atoms with Gasteiger partial charge in [0.25, 0.3) is 5.91 Å². The zero-order chi connectivity index (χ0) is 19.4. The van der Waals surface area contributed by atoms with E-state index in [2.05, 4.69) is 15.3 Å². The van der Waals surface area contributed by atoms with Gasteiger partial charge in [-0.05, 0) is 49.4 Å². The van der Waals surface area contributed by atoms with Crippen molar-refractivity contribution in [2.45, 2.75) is 6.92 Å². The van der Waals surface area contributed by atoms with E-state index in [0.29, 0.717) is 32.8 Å². The van der Waals surface area contributed by atoms with Crippen LogP contribution in [0.25, 0.3) is 11.4 Å². The topological polar surface area (TPSA) is 64.1 Å². The zero-order valence-electron chi connectivity index (χ0n) is 14.2. The zero-order valence-corrected chi connectivity index (χ0v) is 15.7. The summed E-state index contributed by atoms with van der Waals surface area (Å²) >= 11 is 11.9. The van der Waals surface area contributed by atoms with Crippen molar-refractivity contribution in [3.05, 3.63) is 70.1 Å². The van der Waals surface area contributed by atoms with Crippen molar-refractivity contribution in [2.75, 3.05) is 11.9 Å². The molecule has 138 valence electrons. The molecule has 3 aromatic rings. The number of anilines is 1. The molecule has 1 amide bonds. The smallest absolute Gasteiger partial charge is 0.262 e. The van der Waals surface area contributed by atoms with Crippen LogP contribution in [0.4, 0.5) is 10.1 Å². The molecule has 0 saturated heterocycles. The van der Waals surface area contributed by atoms with Gasteiger partial charge in [-0.2, -0.15) is 4.98 Å². The van der Waals surface area contributed by atoms with Crippen molar-refractivity contribution < 1.29 is 13.9 Å². The molecule has 0 aliphatic carbocycles. The number of rotatable bonds is 5. The van der Waals surface area contributed by atoms with E-state index >= 15 is 0 Å². The number of amides is 1. The maximum absolute atomic E-state index is 13.1. The van der Waals surface area contributed by atoms with Crippen LogP contribution in [-0.4, -0.2) is 22.5 Å². The number of aryl methyl sites for hydroxylation is 1. The third-order valence-electron chi connectivity index (χ3n) is 3.49. The van der Waals surface area contributed by atoms with Crippen LogP contribution in [0.5, 0.6) is 5.88 Å². The van der Waals surface area contributed by atoms with Gasteiger partial charge in [-0.3, -0.25) is 4.79 Å². The number of nitrogens with zero attached hydrogens (tertiary/aromatic N) is 2. The van der Waals surface area contributed by atoms with Crippen LogP contribution in [-0.2, 0) is 4.79 Å². The number of carbonyl (C=O) groups excluding carboxylic acids is 1. The Morgan fingerprint density at radius 3 is 2.59 bits per heavy atom. The van der Waals surface area contributed by atoms with E-state index in [1.165, 1.54) is 12.1 Å². The fourth-order valence-corrected chi connectivity index (χ4v) is 2.60. The van der Waals surface area contributed by atoms with Crippen molar-refractivity contribution in [2.24, 2.45) is 0 Å². The van der Waals surface area contributed by atoms with Crippen molar-refractivity contribution in [1.29, 1.82) is 0 Å². The van der Waals surface area contributed by atoms with E-state index in [1.54, 1.807) is 43.3 Å². The first-order valence-corrected chi connectivity index (χ1v) is 8.65. The number of nitrogens with one attached hydrogen (secondary N) is 1. The second kappa shape index (κ2) is 8.33.